The summed E-state index contributed by atoms with van der Waals surface area (Å²) in [6, 6.07) is 8.04. The van der Waals surface area contributed by atoms with Crippen molar-refractivity contribution in [1.82, 2.24) is 9.80 Å². The van der Waals surface area contributed by atoms with Crippen LogP contribution in [0.15, 0.2) is 24.3 Å². The Bertz CT molecular complexity index is 453. The lowest BCUT2D eigenvalue weighted by Gasteiger charge is -2.33. The summed E-state index contributed by atoms with van der Waals surface area (Å²) in [6.07, 6.45) is 1.51. The lowest BCUT2D eigenvalue weighted by Crippen LogP contribution is -2.46. The van der Waals surface area contributed by atoms with Gasteiger partial charge in [-0.1, -0.05) is 32.0 Å². The molecule has 1 aromatic carbocycles. The van der Waals surface area contributed by atoms with Crippen molar-refractivity contribution in [2.75, 3.05) is 44.6 Å². The van der Waals surface area contributed by atoms with Crippen molar-refractivity contribution < 1.29 is 4.79 Å². The van der Waals surface area contributed by atoms with E-state index in [1.807, 2.05) is 18.2 Å². The van der Waals surface area contributed by atoms with Gasteiger partial charge in [-0.15, -0.1) is 0 Å². The molecule has 0 unspecified atom stereocenters. The number of para-hydroxylation sites is 1. The van der Waals surface area contributed by atoms with E-state index < -0.39 is 0 Å². The number of carbonyl (C=O) groups is 1. The molecular formula is C17H27N3O. The zero-order valence-electron chi connectivity index (χ0n) is 13.3. The van der Waals surface area contributed by atoms with Crippen LogP contribution in [0.4, 0.5) is 5.69 Å². The van der Waals surface area contributed by atoms with Crippen molar-refractivity contribution in [2.24, 2.45) is 0 Å². The molecule has 116 valence electrons. The van der Waals surface area contributed by atoms with E-state index in [9.17, 15) is 4.79 Å². The Kier molecular flexibility index (Phi) is 6.21. The number of amides is 1. The first-order valence-electron chi connectivity index (χ1n) is 8.05. The van der Waals surface area contributed by atoms with Gasteiger partial charge < -0.3 is 15.1 Å². The van der Waals surface area contributed by atoms with Gasteiger partial charge in [-0.05, 0) is 24.6 Å². The molecule has 1 N–H and O–H groups in total. The second kappa shape index (κ2) is 8.15. The summed E-state index contributed by atoms with van der Waals surface area (Å²) in [7, 11) is 0. The first kappa shape index (κ1) is 16.0. The van der Waals surface area contributed by atoms with Crippen LogP contribution in [0.2, 0.25) is 0 Å². The van der Waals surface area contributed by atoms with E-state index in [2.05, 4.69) is 35.0 Å². The number of rotatable bonds is 6. The molecule has 0 saturated carbocycles. The zero-order valence-corrected chi connectivity index (χ0v) is 13.3. The van der Waals surface area contributed by atoms with Gasteiger partial charge in [-0.25, -0.2) is 0 Å². The first-order valence-corrected chi connectivity index (χ1v) is 8.05. The second-order valence-electron chi connectivity index (χ2n) is 5.58. The Morgan fingerprint density at radius 1 is 1.10 bits per heavy atom. The Balaban J connectivity index is 1.75. The summed E-state index contributed by atoms with van der Waals surface area (Å²) >= 11 is 0. The molecule has 0 aliphatic carbocycles. The average molecular weight is 289 g/mol. The monoisotopic (exact) mass is 289 g/mol. The van der Waals surface area contributed by atoms with Crippen molar-refractivity contribution in [3.05, 3.63) is 29.8 Å². The topological polar surface area (TPSA) is 35.6 Å². The molecule has 1 aliphatic heterocycles. The summed E-state index contributed by atoms with van der Waals surface area (Å²) in [6.45, 7) is 10.7. The van der Waals surface area contributed by atoms with Crippen molar-refractivity contribution in [2.45, 2.75) is 26.7 Å². The van der Waals surface area contributed by atoms with Crippen LogP contribution in [-0.2, 0) is 11.2 Å². The number of nitrogens with zero attached hydrogens (tertiary/aromatic N) is 2. The van der Waals surface area contributed by atoms with E-state index in [1.165, 1.54) is 5.56 Å². The largest absolute Gasteiger partial charge is 0.326 e. The van der Waals surface area contributed by atoms with Crippen molar-refractivity contribution in [3.8, 4) is 0 Å². The van der Waals surface area contributed by atoms with Crippen molar-refractivity contribution in [1.29, 1.82) is 0 Å². The van der Waals surface area contributed by atoms with Crippen LogP contribution in [0.25, 0.3) is 0 Å². The minimum atomic E-state index is 0.119. The second-order valence-corrected chi connectivity index (χ2v) is 5.58. The summed E-state index contributed by atoms with van der Waals surface area (Å²) in [5, 5.41) is 3.04. The number of anilines is 1. The molecule has 2 rings (SSSR count). The minimum Gasteiger partial charge on any atom is -0.326 e. The highest BCUT2D eigenvalue weighted by Gasteiger charge is 2.16. The van der Waals surface area contributed by atoms with Crippen LogP contribution in [-0.4, -0.2) is 55.0 Å². The van der Waals surface area contributed by atoms with Gasteiger partial charge in [0.25, 0.3) is 0 Å². The number of benzene rings is 1. The molecule has 0 radical (unpaired) electrons. The number of hydrogen-bond acceptors (Lipinski definition) is 3. The van der Waals surface area contributed by atoms with Gasteiger partial charge >= 0.3 is 0 Å². The van der Waals surface area contributed by atoms with Crippen LogP contribution < -0.4 is 5.32 Å². The van der Waals surface area contributed by atoms with E-state index in [-0.39, 0.29) is 5.91 Å². The van der Waals surface area contributed by atoms with E-state index >= 15 is 0 Å². The molecule has 1 amide bonds. The third kappa shape index (κ3) is 4.83. The number of hydrogen-bond donors (Lipinski definition) is 1. The van der Waals surface area contributed by atoms with Crippen LogP contribution in [0.5, 0.6) is 0 Å². The third-order valence-corrected chi connectivity index (χ3v) is 4.24. The Morgan fingerprint density at radius 2 is 1.76 bits per heavy atom. The van der Waals surface area contributed by atoms with E-state index in [0.29, 0.717) is 6.42 Å². The maximum atomic E-state index is 12.1. The van der Waals surface area contributed by atoms with Crippen molar-refractivity contribution >= 4 is 11.6 Å². The molecule has 21 heavy (non-hydrogen) atoms. The number of aryl methyl sites for hydroxylation is 1. The highest BCUT2D eigenvalue weighted by atomic mass is 16.1. The summed E-state index contributed by atoms with van der Waals surface area (Å²) in [4.78, 5) is 16.9. The Morgan fingerprint density at radius 3 is 2.43 bits per heavy atom. The standard InChI is InChI=1S/C17H27N3O/c1-3-15-7-5-6-8-16(15)18-17(21)9-10-20-13-11-19(4-2)12-14-20/h5-8H,3-4,9-14H2,1-2H3,(H,18,21). The van der Waals surface area contributed by atoms with Gasteiger partial charge in [-0.2, -0.15) is 0 Å². The number of nitrogens with one attached hydrogen (secondary N) is 1. The molecule has 1 saturated heterocycles. The quantitative estimate of drug-likeness (QED) is 0.872. The van der Waals surface area contributed by atoms with Crippen LogP contribution in [0, 0.1) is 0 Å². The highest BCUT2D eigenvalue weighted by molar-refractivity contribution is 5.91. The van der Waals surface area contributed by atoms with E-state index in [0.717, 1.165) is 51.4 Å². The normalized spacial score (nSPS) is 16.9. The van der Waals surface area contributed by atoms with Crippen molar-refractivity contribution in [3.63, 3.8) is 0 Å². The maximum Gasteiger partial charge on any atom is 0.225 e. The fourth-order valence-corrected chi connectivity index (χ4v) is 2.75. The summed E-state index contributed by atoms with van der Waals surface area (Å²) in [5.74, 6) is 0.119. The Hall–Kier alpha value is -1.39. The minimum absolute atomic E-state index is 0.119. The van der Waals surface area contributed by atoms with Gasteiger partial charge in [0.1, 0.15) is 0 Å². The highest BCUT2D eigenvalue weighted by Crippen LogP contribution is 2.15. The SMILES string of the molecule is CCc1ccccc1NC(=O)CCN1CCN(CC)CC1. The van der Waals surface area contributed by atoms with Gasteiger partial charge in [-0.3, -0.25) is 4.79 Å². The molecule has 0 bridgehead atoms. The smallest absolute Gasteiger partial charge is 0.225 e. The summed E-state index contributed by atoms with van der Waals surface area (Å²) in [5.41, 5.74) is 2.16. The van der Waals surface area contributed by atoms with Crippen LogP contribution >= 0.6 is 0 Å². The zero-order chi connectivity index (χ0) is 15.1. The Labute approximate surface area is 128 Å². The van der Waals surface area contributed by atoms with Gasteiger partial charge in [0.05, 0.1) is 0 Å². The summed E-state index contributed by atoms with van der Waals surface area (Å²) < 4.78 is 0. The van der Waals surface area contributed by atoms with E-state index in [1.54, 1.807) is 0 Å². The molecule has 0 atom stereocenters. The molecular weight excluding hydrogens is 262 g/mol. The van der Waals surface area contributed by atoms with Crippen LogP contribution in [0.1, 0.15) is 25.8 Å². The molecule has 1 aliphatic rings. The lowest BCUT2D eigenvalue weighted by molar-refractivity contribution is -0.116. The average Bonchev–Trinajstić information content (AvgIpc) is 2.54. The predicted octanol–water partition coefficient (Wildman–Crippen LogP) is 2.22. The molecule has 1 heterocycles. The fraction of sp³-hybridized carbons (Fsp3) is 0.588. The molecule has 1 fully saturated rings. The first-order chi connectivity index (χ1) is 10.2. The number of carbonyl (C=O) groups excluding carboxylic acids is 1. The predicted molar refractivity (Wildman–Crippen MR) is 87.6 cm³/mol. The molecule has 0 aromatic heterocycles. The van der Waals surface area contributed by atoms with Gasteiger partial charge in [0.2, 0.25) is 5.91 Å². The van der Waals surface area contributed by atoms with Gasteiger partial charge in [0, 0.05) is 44.8 Å². The lowest BCUT2D eigenvalue weighted by atomic mass is 10.1. The number of piperazine rings is 1. The third-order valence-electron chi connectivity index (χ3n) is 4.24. The molecule has 4 heteroatoms. The molecule has 0 spiro atoms. The maximum absolute atomic E-state index is 12.1. The van der Waals surface area contributed by atoms with Crippen LogP contribution in [0.3, 0.4) is 0 Å². The van der Waals surface area contributed by atoms with E-state index in [4.69, 9.17) is 0 Å². The fourth-order valence-electron chi connectivity index (χ4n) is 2.75. The number of likely N-dealkylation sites (N-methyl/N-ethyl adjacent to an activating group) is 1. The molecule has 1 aromatic rings. The molecule has 4 nitrogen and oxygen atoms in total. The van der Waals surface area contributed by atoms with Gasteiger partial charge in [0.15, 0.2) is 0 Å².